The van der Waals surface area contributed by atoms with Crippen molar-refractivity contribution in [1.82, 2.24) is 8.96 Å². The first-order valence-electron chi connectivity index (χ1n) is 9.17. The molecule has 1 atom stereocenters. The van der Waals surface area contributed by atoms with Crippen LogP contribution in [0.15, 0.2) is 65.8 Å². The van der Waals surface area contributed by atoms with Crippen molar-refractivity contribution in [2.75, 3.05) is 6.61 Å². The van der Waals surface area contributed by atoms with Gasteiger partial charge >= 0.3 is 0 Å². The molecule has 29 heavy (non-hydrogen) atoms. The maximum Gasteiger partial charge on any atom is 0.269 e. The number of carbonyl (C=O) groups excluding carboxylic acids is 1. The maximum absolute atomic E-state index is 13.3. The highest BCUT2D eigenvalue weighted by Crippen LogP contribution is 2.35. The van der Waals surface area contributed by atoms with Gasteiger partial charge in [0.15, 0.2) is 11.4 Å². The zero-order valence-corrected chi connectivity index (χ0v) is 17.1. The number of carbonyl (C=O) groups is 1. The average molecular weight is 413 g/mol. The molecule has 2 N–H and O–H groups in total. The van der Waals surface area contributed by atoms with Gasteiger partial charge in [-0.25, -0.2) is 17.4 Å². The molecule has 0 fully saturated rings. The highest BCUT2D eigenvalue weighted by Gasteiger charge is 2.28. The van der Waals surface area contributed by atoms with Crippen LogP contribution < -0.4 is 10.5 Å². The standard InChI is InChI=1S/C21H23N3O4S/c1-4-12-28-17-10-11-23-21-18(17)16(19(22)20(25)14(2)3)13-24(21)29(26,27)15-8-6-5-7-9-15/h5-11,13,19H,2,4,12,22H2,1,3H3. The molecule has 0 saturated heterocycles. The van der Waals surface area contributed by atoms with E-state index in [4.69, 9.17) is 10.5 Å². The van der Waals surface area contributed by atoms with Gasteiger partial charge in [-0.2, -0.15) is 0 Å². The molecular weight excluding hydrogens is 390 g/mol. The normalized spacial score (nSPS) is 12.7. The lowest BCUT2D eigenvalue weighted by Crippen LogP contribution is -2.22. The predicted molar refractivity (Wildman–Crippen MR) is 111 cm³/mol. The Balaban J connectivity index is 2.30. The quantitative estimate of drug-likeness (QED) is 0.569. The Bertz CT molecular complexity index is 1170. The first-order chi connectivity index (χ1) is 13.8. The average Bonchev–Trinajstić information content (AvgIpc) is 3.12. The number of aromatic nitrogens is 2. The molecule has 0 radical (unpaired) electrons. The molecule has 0 aliphatic rings. The van der Waals surface area contributed by atoms with Crippen molar-refractivity contribution in [3.05, 3.63) is 66.5 Å². The van der Waals surface area contributed by atoms with Crippen LogP contribution in [0.1, 0.15) is 31.9 Å². The molecule has 2 aromatic heterocycles. The van der Waals surface area contributed by atoms with E-state index in [9.17, 15) is 13.2 Å². The van der Waals surface area contributed by atoms with Crippen LogP contribution >= 0.6 is 0 Å². The van der Waals surface area contributed by atoms with Crippen LogP contribution in [0.5, 0.6) is 5.75 Å². The molecule has 8 heteroatoms. The number of nitrogens with two attached hydrogens (primary N) is 1. The second-order valence-corrected chi connectivity index (χ2v) is 8.49. The monoisotopic (exact) mass is 413 g/mol. The van der Waals surface area contributed by atoms with E-state index in [2.05, 4.69) is 11.6 Å². The minimum atomic E-state index is -3.95. The minimum Gasteiger partial charge on any atom is -0.493 e. The third-order valence-electron chi connectivity index (χ3n) is 4.45. The molecule has 0 spiro atoms. The molecule has 152 valence electrons. The number of ether oxygens (including phenoxy) is 1. The summed E-state index contributed by atoms with van der Waals surface area (Å²) in [7, 11) is -3.95. The van der Waals surface area contributed by atoms with Crippen molar-refractivity contribution in [3.63, 3.8) is 0 Å². The van der Waals surface area contributed by atoms with Crippen molar-refractivity contribution in [2.45, 2.75) is 31.2 Å². The summed E-state index contributed by atoms with van der Waals surface area (Å²) in [6.45, 7) is 7.61. The second kappa shape index (κ2) is 8.18. The fourth-order valence-electron chi connectivity index (χ4n) is 2.99. The number of hydrogen-bond donors (Lipinski definition) is 1. The van der Waals surface area contributed by atoms with E-state index in [1.807, 2.05) is 6.92 Å². The number of fused-ring (bicyclic) bond motifs is 1. The van der Waals surface area contributed by atoms with Crippen LogP contribution in [0.2, 0.25) is 0 Å². The van der Waals surface area contributed by atoms with E-state index in [-0.39, 0.29) is 21.9 Å². The molecule has 2 heterocycles. The summed E-state index contributed by atoms with van der Waals surface area (Å²) in [6.07, 6.45) is 3.59. The Morgan fingerprint density at radius 1 is 1.28 bits per heavy atom. The highest BCUT2D eigenvalue weighted by atomic mass is 32.2. The van der Waals surface area contributed by atoms with Gasteiger partial charge in [0.25, 0.3) is 10.0 Å². The Hall–Kier alpha value is -2.97. The van der Waals surface area contributed by atoms with Crippen LogP contribution in [0.3, 0.4) is 0 Å². The topological polar surface area (TPSA) is 104 Å². The zero-order chi connectivity index (χ0) is 21.2. The SMILES string of the molecule is C=C(C)C(=O)C(N)c1cn(S(=O)(=O)c2ccccc2)c2nccc(OCCC)c12. The third kappa shape index (κ3) is 3.81. The number of benzene rings is 1. The summed E-state index contributed by atoms with van der Waals surface area (Å²) in [5.41, 5.74) is 6.96. The maximum atomic E-state index is 13.3. The largest absolute Gasteiger partial charge is 0.493 e. The van der Waals surface area contributed by atoms with Crippen LogP contribution in [-0.4, -0.2) is 29.8 Å². The zero-order valence-electron chi connectivity index (χ0n) is 16.3. The van der Waals surface area contributed by atoms with E-state index in [0.717, 1.165) is 10.4 Å². The molecule has 1 unspecified atom stereocenters. The summed E-state index contributed by atoms with van der Waals surface area (Å²) in [6, 6.07) is 8.55. The van der Waals surface area contributed by atoms with Gasteiger partial charge in [0.05, 0.1) is 22.9 Å². The van der Waals surface area contributed by atoms with Gasteiger partial charge in [-0.15, -0.1) is 0 Å². The van der Waals surface area contributed by atoms with Gasteiger partial charge < -0.3 is 10.5 Å². The fraction of sp³-hybridized carbons (Fsp3) is 0.238. The number of pyridine rings is 1. The molecule has 7 nitrogen and oxygen atoms in total. The lowest BCUT2D eigenvalue weighted by molar-refractivity contribution is -0.116. The van der Waals surface area contributed by atoms with E-state index in [1.54, 1.807) is 31.2 Å². The molecule has 0 aliphatic carbocycles. The summed E-state index contributed by atoms with van der Waals surface area (Å²) >= 11 is 0. The van der Waals surface area contributed by atoms with Crippen LogP contribution in [0.4, 0.5) is 0 Å². The highest BCUT2D eigenvalue weighted by molar-refractivity contribution is 7.90. The van der Waals surface area contributed by atoms with Crippen LogP contribution in [0, 0.1) is 0 Å². The van der Waals surface area contributed by atoms with Gasteiger partial charge in [0, 0.05) is 18.0 Å². The van der Waals surface area contributed by atoms with Crippen LogP contribution in [0.25, 0.3) is 11.0 Å². The van der Waals surface area contributed by atoms with Crippen molar-refractivity contribution in [3.8, 4) is 5.75 Å². The third-order valence-corrected chi connectivity index (χ3v) is 6.11. The number of hydrogen-bond acceptors (Lipinski definition) is 6. The molecule has 0 saturated carbocycles. The van der Waals surface area contributed by atoms with Gasteiger partial charge in [0.1, 0.15) is 5.75 Å². The Labute approximate surface area is 169 Å². The second-order valence-electron chi connectivity index (χ2n) is 6.68. The van der Waals surface area contributed by atoms with Gasteiger partial charge in [-0.3, -0.25) is 4.79 Å². The molecule has 1 aromatic carbocycles. The van der Waals surface area contributed by atoms with Gasteiger partial charge in [0.2, 0.25) is 0 Å². The minimum absolute atomic E-state index is 0.102. The molecule has 0 amide bonds. The van der Waals surface area contributed by atoms with Crippen molar-refractivity contribution >= 4 is 26.8 Å². The summed E-state index contributed by atoms with van der Waals surface area (Å²) in [5.74, 6) is 0.0466. The van der Waals surface area contributed by atoms with Crippen molar-refractivity contribution < 1.29 is 17.9 Å². The molecule has 3 rings (SSSR count). The smallest absolute Gasteiger partial charge is 0.269 e. The van der Waals surface area contributed by atoms with E-state index in [1.165, 1.54) is 24.5 Å². The number of rotatable bonds is 8. The Morgan fingerprint density at radius 3 is 2.59 bits per heavy atom. The van der Waals surface area contributed by atoms with E-state index >= 15 is 0 Å². The Kier molecular flexibility index (Phi) is 5.86. The first kappa shape index (κ1) is 20.8. The number of nitrogens with zero attached hydrogens (tertiary/aromatic N) is 2. The predicted octanol–water partition coefficient (Wildman–Crippen LogP) is 3.21. The molecule has 0 bridgehead atoms. The van der Waals surface area contributed by atoms with Gasteiger partial charge in [-0.1, -0.05) is 31.7 Å². The van der Waals surface area contributed by atoms with Crippen LogP contribution in [-0.2, 0) is 14.8 Å². The summed E-state index contributed by atoms with van der Waals surface area (Å²) in [4.78, 5) is 16.9. The number of Topliss-reactive ketones (excluding diaryl/α,β-unsaturated/α-hetero) is 1. The lowest BCUT2D eigenvalue weighted by Gasteiger charge is -2.12. The molecular formula is C21H23N3O4S. The van der Waals surface area contributed by atoms with Gasteiger partial charge in [-0.05, 0) is 37.1 Å². The summed E-state index contributed by atoms with van der Waals surface area (Å²) < 4.78 is 33.3. The Morgan fingerprint density at radius 2 is 1.97 bits per heavy atom. The number of ketones is 1. The van der Waals surface area contributed by atoms with E-state index in [0.29, 0.717) is 23.3 Å². The summed E-state index contributed by atoms with van der Waals surface area (Å²) in [5, 5.41) is 0.405. The lowest BCUT2D eigenvalue weighted by atomic mass is 9.99. The molecule has 3 aromatic rings. The fourth-order valence-corrected chi connectivity index (χ4v) is 4.33. The van der Waals surface area contributed by atoms with Crippen molar-refractivity contribution in [2.24, 2.45) is 5.73 Å². The van der Waals surface area contributed by atoms with E-state index < -0.39 is 16.1 Å². The van der Waals surface area contributed by atoms with Crippen molar-refractivity contribution in [1.29, 1.82) is 0 Å². The first-order valence-corrected chi connectivity index (χ1v) is 10.6. The molecule has 0 aliphatic heterocycles.